The van der Waals surface area contributed by atoms with Crippen LogP contribution >= 0.6 is 0 Å². The summed E-state index contributed by atoms with van der Waals surface area (Å²) in [6.45, 7) is 0.636. The van der Waals surface area contributed by atoms with E-state index in [0.717, 1.165) is 25.7 Å². The molecule has 1 aliphatic heterocycles. The summed E-state index contributed by atoms with van der Waals surface area (Å²) in [5.74, 6) is 1.19. The summed E-state index contributed by atoms with van der Waals surface area (Å²) in [7, 11) is 0. The lowest BCUT2D eigenvalue weighted by Gasteiger charge is -2.31. The molecule has 4 unspecified atom stereocenters. The predicted octanol–water partition coefficient (Wildman–Crippen LogP) is 0.677. The van der Waals surface area contributed by atoms with E-state index in [0.29, 0.717) is 24.5 Å². The molecule has 3 aliphatic rings. The van der Waals surface area contributed by atoms with Crippen molar-refractivity contribution < 1.29 is 9.53 Å². The molecule has 2 aliphatic carbocycles. The number of carbonyl (C=O) groups is 1. The van der Waals surface area contributed by atoms with Crippen LogP contribution in [0.1, 0.15) is 25.7 Å². The first-order valence-corrected chi connectivity index (χ1v) is 5.15. The number of hydrogen-bond donors (Lipinski definition) is 1. The molecule has 2 saturated carbocycles. The van der Waals surface area contributed by atoms with Crippen LogP contribution < -0.4 is 5.73 Å². The Labute approximate surface area is 77.6 Å². The van der Waals surface area contributed by atoms with Crippen LogP contribution in [-0.4, -0.2) is 18.6 Å². The number of esters is 1. The van der Waals surface area contributed by atoms with E-state index in [-0.39, 0.29) is 11.4 Å². The Hall–Kier alpha value is -0.570. The molecule has 1 saturated heterocycles. The number of rotatable bonds is 0. The minimum Gasteiger partial charge on any atom is -0.465 e. The summed E-state index contributed by atoms with van der Waals surface area (Å²) in [5.41, 5.74) is 5.87. The number of nitrogens with two attached hydrogens (primary N) is 1. The van der Waals surface area contributed by atoms with E-state index in [2.05, 4.69) is 0 Å². The van der Waals surface area contributed by atoms with E-state index in [4.69, 9.17) is 10.5 Å². The van der Waals surface area contributed by atoms with E-state index in [1.807, 2.05) is 0 Å². The van der Waals surface area contributed by atoms with Crippen molar-refractivity contribution in [2.75, 3.05) is 6.61 Å². The molecule has 1 spiro atoms. The second-order valence-electron chi connectivity index (χ2n) is 4.84. The average molecular weight is 181 g/mol. The molecule has 0 aromatic heterocycles. The Balaban J connectivity index is 1.92. The van der Waals surface area contributed by atoms with Crippen molar-refractivity contribution in [1.29, 1.82) is 0 Å². The molecule has 2 bridgehead atoms. The number of cyclic esters (lactones) is 1. The molecule has 13 heavy (non-hydrogen) atoms. The summed E-state index contributed by atoms with van der Waals surface area (Å²) >= 11 is 0. The Morgan fingerprint density at radius 2 is 2.31 bits per heavy atom. The van der Waals surface area contributed by atoms with Gasteiger partial charge in [-0.15, -0.1) is 0 Å². The highest BCUT2D eigenvalue weighted by molar-refractivity contribution is 5.79. The number of fused-ring (bicyclic) bond motifs is 3. The summed E-state index contributed by atoms with van der Waals surface area (Å²) in [6, 6.07) is 0.351. The first-order valence-electron chi connectivity index (χ1n) is 5.15. The number of ether oxygens (including phenoxy) is 1. The van der Waals surface area contributed by atoms with Gasteiger partial charge in [0.15, 0.2) is 0 Å². The normalized spacial score (nSPS) is 53.3. The SMILES string of the molecule is NC1CC2CC1CC21CCOC1=O. The van der Waals surface area contributed by atoms with Gasteiger partial charge in [0.1, 0.15) is 0 Å². The van der Waals surface area contributed by atoms with Crippen LogP contribution in [-0.2, 0) is 9.53 Å². The van der Waals surface area contributed by atoms with Gasteiger partial charge in [-0.3, -0.25) is 4.79 Å². The number of hydrogen-bond acceptors (Lipinski definition) is 3. The van der Waals surface area contributed by atoms with E-state index < -0.39 is 0 Å². The van der Waals surface area contributed by atoms with Crippen molar-refractivity contribution in [2.45, 2.75) is 31.7 Å². The van der Waals surface area contributed by atoms with Crippen LogP contribution in [0.4, 0.5) is 0 Å². The molecule has 72 valence electrons. The predicted molar refractivity (Wildman–Crippen MR) is 46.8 cm³/mol. The molecular formula is C10H15NO2. The minimum atomic E-state index is -0.0967. The second-order valence-corrected chi connectivity index (χ2v) is 4.84. The third-order valence-electron chi connectivity index (χ3n) is 4.35. The molecule has 4 atom stereocenters. The monoisotopic (exact) mass is 181 g/mol. The molecule has 0 aromatic carbocycles. The van der Waals surface area contributed by atoms with E-state index in [1.165, 1.54) is 0 Å². The van der Waals surface area contributed by atoms with Crippen molar-refractivity contribution >= 4 is 5.97 Å². The van der Waals surface area contributed by atoms with Crippen LogP contribution in [0.15, 0.2) is 0 Å². The molecule has 0 radical (unpaired) electrons. The summed E-state index contributed by atoms with van der Waals surface area (Å²) in [4.78, 5) is 11.6. The zero-order chi connectivity index (χ0) is 9.05. The van der Waals surface area contributed by atoms with Gasteiger partial charge in [-0.1, -0.05) is 0 Å². The maximum absolute atomic E-state index is 11.6. The second kappa shape index (κ2) is 2.27. The summed E-state index contributed by atoms with van der Waals surface area (Å²) in [5, 5.41) is 0. The molecule has 3 heteroatoms. The Morgan fingerprint density at radius 3 is 2.77 bits per heavy atom. The van der Waals surface area contributed by atoms with Gasteiger partial charge in [-0.05, 0) is 37.5 Å². The third-order valence-corrected chi connectivity index (χ3v) is 4.35. The fraction of sp³-hybridized carbons (Fsp3) is 0.900. The Kier molecular flexibility index (Phi) is 1.36. The third kappa shape index (κ3) is 0.810. The van der Waals surface area contributed by atoms with Crippen molar-refractivity contribution in [2.24, 2.45) is 23.0 Å². The topological polar surface area (TPSA) is 52.3 Å². The van der Waals surface area contributed by atoms with Gasteiger partial charge in [-0.2, -0.15) is 0 Å². The molecule has 0 amide bonds. The van der Waals surface area contributed by atoms with Gasteiger partial charge in [0.05, 0.1) is 12.0 Å². The minimum absolute atomic E-state index is 0.0619. The smallest absolute Gasteiger partial charge is 0.312 e. The lowest BCUT2D eigenvalue weighted by atomic mass is 9.71. The van der Waals surface area contributed by atoms with Crippen LogP contribution in [0.2, 0.25) is 0 Å². The van der Waals surface area contributed by atoms with Crippen molar-refractivity contribution in [3.8, 4) is 0 Å². The summed E-state index contributed by atoms with van der Waals surface area (Å²) in [6.07, 6.45) is 4.15. The fourth-order valence-electron chi connectivity index (χ4n) is 3.61. The average Bonchev–Trinajstić information content (AvgIpc) is 2.70. The standard InChI is InChI=1S/C10H15NO2/c11-8-4-7-3-6(8)5-10(7)1-2-13-9(10)12/h6-8H,1-5,11H2. The molecule has 3 rings (SSSR count). The van der Waals surface area contributed by atoms with Crippen LogP contribution in [0.25, 0.3) is 0 Å². The summed E-state index contributed by atoms with van der Waals surface area (Å²) < 4.78 is 5.10. The molecule has 3 nitrogen and oxygen atoms in total. The number of carbonyl (C=O) groups excluding carboxylic acids is 1. The first-order chi connectivity index (χ1) is 6.22. The van der Waals surface area contributed by atoms with Crippen LogP contribution in [0.5, 0.6) is 0 Å². The van der Waals surface area contributed by atoms with Gasteiger partial charge in [0.2, 0.25) is 0 Å². The van der Waals surface area contributed by atoms with Gasteiger partial charge in [0, 0.05) is 6.04 Å². The first kappa shape index (κ1) is 7.80. The fourth-order valence-corrected chi connectivity index (χ4v) is 3.61. The molecule has 1 heterocycles. The highest BCUT2D eigenvalue weighted by Crippen LogP contribution is 2.59. The maximum Gasteiger partial charge on any atom is 0.312 e. The molecule has 3 fully saturated rings. The maximum atomic E-state index is 11.6. The van der Waals surface area contributed by atoms with Crippen LogP contribution in [0, 0.1) is 17.3 Å². The van der Waals surface area contributed by atoms with E-state index in [1.54, 1.807) is 0 Å². The van der Waals surface area contributed by atoms with Gasteiger partial charge in [0.25, 0.3) is 0 Å². The Bertz CT molecular complexity index is 264. The van der Waals surface area contributed by atoms with Crippen molar-refractivity contribution in [1.82, 2.24) is 0 Å². The highest BCUT2D eigenvalue weighted by atomic mass is 16.5. The van der Waals surface area contributed by atoms with Crippen molar-refractivity contribution in [3.63, 3.8) is 0 Å². The van der Waals surface area contributed by atoms with E-state index in [9.17, 15) is 4.79 Å². The van der Waals surface area contributed by atoms with Gasteiger partial charge >= 0.3 is 5.97 Å². The van der Waals surface area contributed by atoms with E-state index >= 15 is 0 Å². The van der Waals surface area contributed by atoms with Gasteiger partial charge < -0.3 is 10.5 Å². The highest BCUT2D eigenvalue weighted by Gasteiger charge is 2.60. The largest absolute Gasteiger partial charge is 0.465 e. The Morgan fingerprint density at radius 1 is 1.46 bits per heavy atom. The molecular weight excluding hydrogens is 166 g/mol. The van der Waals surface area contributed by atoms with Gasteiger partial charge in [-0.25, -0.2) is 0 Å². The molecule has 2 N–H and O–H groups in total. The lowest BCUT2D eigenvalue weighted by molar-refractivity contribution is -0.148. The quantitative estimate of drug-likeness (QED) is 0.559. The zero-order valence-electron chi connectivity index (χ0n) is 7.66. The molecule has 0 aromatic rings. The lowest BCUT2D eigenvalue weighted by Crippen LogP contribution is -2.39. The zero-order valence-corrected chi connectivity index (χ0v) is 7.66. The van der Waals surface area contributed by atoms with Crippen LogP contribution in [0.3, 0.4) is 0 Å². The van der Waals surface area contributed by atoms with Crippen molar-refractivity contribution in [3.05, 3.63) is 0 Å².